The van der Waals surface area contributed by atoms with Crippen LogP contribution in [0.4, 0.5) is 14.5 Å². The number of rotatable bonds is 3. The van der Waals surface area contributed by atoms with Crippen LogP contribution in [-0.2, 0) is 0 Å². The molecule has 6 heteroatoms. The van der Waals surface area contributed by atoms with Crippen LogP contribution in [-0.4, -0.2) is 16.6 Å². The van der Waals surface area contributed by atoms with Gasteiger partial charge in [0.1, 0.15) is 17.1 Å². The summed E-state index contributed by atoms with van der Waals surface area (Å²) in [6, 6.07) is 11.7. The lowest BCUT2D eigenvalue weighted by atomic mass is 10.2. The predicted octanol–water partition coefficient (Wildman–Crippen LogP) is 3.41. The molecule has 0 bridgehead atoms. The molecule has 0 atom stereocenters. The summed E-state index contributed by atoms with van der Waals surface area (Å²) >= 11 is 0. The Hall–Kier alpha value is -2.63. The van der Waals surface area contributed by atoms with E-state index >= 15 is 0 Å². The van der Waals surface area contributed by atoms with Gasteiger partial charge < -0.3 is 15.5 Å². The molecule has 4 nitrogen and oxygen atoms in total. The molecule has 0 aliphatic carbocycles. The summed E-state index contributed by atoms with van der Waals surface area (Å²) in [5.74, 6) is 0.737. The molecule has 3 aromatic rings. The van der Waals surface area contributed by atoms with Crippen molar-refractivity contribution in [3.05, 3.63) is 42.5 Å². The Morgan fingerprint density at radius 3 is 2.50 bits per heavy atom. The third kappa shape index (κ3) is 2.27. The number of anilines is 1. The van der Waals surface area contributed by atoms with Gasteiger partial charge in [0, 0.05) is 5.56 Å². The zero-order valence-corrected chi connectivity index (χ0v) is 10.3. The molecule has 0 aliphatic heterocycles. The third-order valence-corrected chi connectivity index (χ3v) is 2.90. The van der Waals surface area contributed by atoms with Crippen molar-refractivity contribution in [3.8, 4) is 17.1 Å². The Kier molecular flexibility index (Phi) is 2.98. The molecular formula is C14H11F2N3O. The molecule has 0 spiro atoms. The average molecular weight is 275 g/mol. The average Bonchev–Trinajstić information content (AvgIpc) is 2.84. The molecule has 0 saturated heterocycles. The molecule has 1 aromatic heterocycles. The van der Waals surface area contributed by atoms with E-state index in [0.29, 0.717) is 17.0 Å². The number of imidazole rings is 1. The van der Waals surface area contributed by atoms with Crippen molar-refractivity contribution in [2.24, 2.45) is 0 Å². The summed E-state index contributed by atoms with van der Waals surface area (Å²) in [6.45, 7) is -2.83. The summed E-state index contributed by atoms with van der Waals surface area (Å²) in [5.41, 5.74) is 8.71. The molecule has 2 aromatic carbocycles. The van der Waals surface area contributed by atoms with Gasteiger partial charge in [-0.3, -0.25) is 0 Å². The Morgan fingerprint density at radius 1 is 1.10 bits per heavy atom. The van der Waals surface area contributed by atoms with E-state index in [2.05, 4.69) is 14.7 Å². The summed E-state index contributed by atoms with van der Waals surface area (Å²) in [5, 5.41) is 0. The molecule has 20 heavy (non-hydrogen) atoms. The van der Waals surface area contributed by atoms with Gasteiger partial charge in [0.15, 0.2) is 0 Å². The zero-order valence-electron chi connectivity index (χ0n) is 10.3. The second-order valence-electron chi connectivity index (χ2n) is 4.23. The number of ether oxygens (including phenoxy) is 1. The maximum Gasteiger partial charge on any atom is 0.387 e. The van der Waals surface area contributed by atoms with Crippen LogP contribution in [0.1, 0.15) is 0 Å². The van der Waals surface area contributed by atoms with Crippen LogP contribution in [0.5, 0.6) is 5.75 Å². The number of fused-ring (bicyclic) bond motifs is 1. The molecule has 1 heterocycles. The first-order valence-corrected chi connectivity index (χ1v) is 5.93. The number of benzene rings is 2. The molecule has 102 valence electrons. The van der Waals surface area contributed by atoms with E-state index in [4.69, 9.17) is 5.73 Å². The number of nitrogens with zero attached hydrogens (tertiary/aromatic N) is 1. The van der Waals surface area contributed by atoms with Crippen LogP contribution >= 0.6 is 0 Å². The Bertz CT molecular complexity index is 738. The largest absolute Gasteiger partial charge is 0.435 e. The standard InChI is InChI=1S/C14H11F2N3O/c15-14(16)20-9-6-4-8(5-7-9)13-18-11-3-1-2-10(17)12(11)19-13/h1-7,14H,17H2,(H,18,19). The highest BCUT2D eigenvalue weighted by atomic mass is 19.3. The van der Waals surface area contributed by atoms with Crippen LogP contribution in [0.25, 0.3) is 22.4 Å². The smallest absolute Gasteiger partial charge is 0.387 e. The second-order valence-corrected chi connectivity index (χ2v) is 4.23. The number of para-hydroxylation sites is 1. The number of nitrogens with one attached hydrogen (secondary N) is 1. The molecule has 0 unspecified atom stereocenters. The van der Waals surface area contributed by atoms with Gasteiger partial charge in [-0.05, 0) is 36.4 Å². The van der Waals surface area contributed by atoms with Gasteiger partial charge in [-0.15, -0.1) is 0 Å². The minimum atomic E-state index is -2.83. The fraction of sp³-hybridized carbons (Fsp3) is 0.0714. The summed E-state index contributed by atoms with van der Waals surface area (Å²) in [7, 11) is 0. The molecule has 3 N–H and O–H groups in total. The van der Waals surface area contributed by atoms with Gasteiger partial charge in [0.05, 0.1) is 11.2 Å². The van der Waals surface area contributed by atoms with Crippen LogP contribution in [0, 0.1) is 0 Å². The molecule has 0 amide bonds. The number of alkyl halides is 2. The number of hydrogen-bond donors (Lipinski definition) is 2. The Balaban J connectivity index is 1.96. The fourth-order valence-corrected chi connectivity index (χ4v) is 1.99. The highest BCUT2D eigenvalue weighted by Gasteiger charge is 2.08. The minimum Gasteiger partial charge on any atom is -0.435 e. The van der Waals surface area contributed by atoms with Crippen molar-refractivity contribution in [2.45, 2.75) is 6.61 Å². The summed E-state index contributed by atoms with van der Waals surface area (Å²) < 4.78 is 28.4. The van der Waals surface area contributed by atoms with Crippen molar-refractivity contribution in [1.29, 1.82) is 0 Å². The van der Waals surface area contributed by atoms with Gasteiger partial charge in [-0.25, -0.2) is 4.98 Å². The van der Waals surface area contributed by atoms with Gasteiger partial charge >= 0.3 is 6.61 Å². The highest BCUT2D eigenvalue weighted by Crippen LogP contribution is 2.25. The summed E-state index contributed by atoms with van der Waals surface area (Å²) in [4.78, 5) is 7.54. The molecule has 0 saturated carbocycles. The number of aromatic nitrogens is 2. The number of nitrogen functional groups attached to an aromatic ring is 1. The van der Waals surface area contributed by atoms with E-state index < -0.39 is 6.61 Å². The van der Waals surface area contributed by atoms with Crippen molar-refractivity contribution in [2.75, 3.05) is 5.73 Å². The maximum absolute atomic E-state index is 12.1. The van der Waals surface area contributed by atoms with Crippen molar-refractivity contribution in [3.63, 3.8) is 0 Å². The lowest BCUT2D eigenvalue weighted by Crippen LogP contribution is -2.01. The van der Waals surface area contributed by atoms with E-state index in [0.717, 1.165) is 11.1 Å². The lowest BCUT2D eigenvalue weighted by molar-refractivity contribution is -0.0498. The number of nitrogens with two attached hydrogens (primary N) is 1. The normalized spacial score (nSPS) is 11.2. The lowest BCUT2D eigenvalue weighted by Gasteiger charge is -2.04. The predicted molar refractivity (Wildman–Crippen MR) is 72.6 cm³/mol. The molecule has 3 rings (SSSR count). The van der Waals surface area contributed by atoms with Gasteiger partial charge in [-0.2, -0.15) is 8.78 Å². The number of H-pyrrole nitrogens is 1. The van der Waals surface area contributed by atoms with Crippen LogP contribution in [0.2, 0.25) is 0 Å². The first-order valence-electron chi connectivity index (χ1n) is 5.93. The molecule has 0 fully saturated rings. The van der Waals surface area contributed by atoms with Gasteiger partial charge in [0.25, 0.3) is 0 Å². The van der Waals surface area contributed by atoms with Crippen molar-refractivity contribution < 1.29 is 13.5 Å². The fourth-order valence-electron chi connectivity index (χ4n) is 1.99. The molecular weight excluding hydrogens is 264 g/mol. The minimum absolute atomic E-state index is 0.111. The summed E-state index contributed by atoms with van der Waals surface area (Å²) in [6.07, 6.45) is 0. The number of aromatic amines is 1. The Morgan fingerprint density at radius 2 is 1.85 bits per heavy atom. The Labute approximate surface area is 113 Å². The quantitative estimate of drug-likeness (QED) is 0.720. The highest BCUT2D eigenvalue weighted by molar-refractivity contribution is 5.89. The van der Waals surface area contributed by atoms with Crippen LogP contribution in [0.3, 0.4) is 0 Å². The monoisotopic (exact) mass is 275 g/mol. The van der Waals surface area contributed by atoms with Gasteiger partial charge in [0.2, 0.25) is 0 Å². The number of halogens is 2. The van der Waals surface area contributed by atoms with Crippen molar-refractivity contribution in [1.82, 2.24) is 9.97 Å². The SMILES string of the molecule is Nc1cccc2[nH]c(-c3ccc(OC(F)F)cc3)nc12. The van der Waals surface area contributed by atoms with E-state index in [1.54, 1.807) is 18.2 Å². The van der Waals surface area contributed by atoms with Gasteiger partial charge in [-0.1, -0.05) is 6.07 Å². The zero-order chi connectivity index (χ0) is 14.1. The molecule has 0 aliphatic rings. The first-order chi connectivity index (χ1) is 9.63. The first kappa shape index (κ1) is 12.4. The third-order valence-electron chi connectivity index (χ3n) is 2.90. The van der Waals surface area contributed by atoms with Crippen molar-refractivity contribution >= 4 is 16.7 Å². The molecule has 0 radical (unpaired) electrons. The van der Waals surface area contributed by atoms with Crippen LogP contribution < -0.4 is 10.5 Å². The van der Waals surface area contributed by atoms with E-state index in [-0.39, 0.29) is 5.75 Å². The van der Waals surface area contributed by atoms with E-state index in [1.165, 1.54) is 12.1 Å². The van der Waals surface area contributed by atoms with Crippen LogP contribution in [0.15, 0.2) is 42.5 Å². The van der Waals surface area contributed by atoms with E-state index in [1.807, 2.05) is 12.1 Å². The maximum atomic E-state index is 12.1. The number of hydrogen-bond acceptors (Lipinski definition) is 3. The van der Waals surface area contributed by atoms with E-state index in [9.17, 15) is 8.78 Å². The topological polar surface area (TPSA) is 63.9 Å². The second kappa shape index (κ2) is 4.80.